The summed E-state index contributed by atoms with van der Waals surface area (Å²) < 4.78 is 13.3. The van der Waals surface area contributed by atoms with Gasteiger partial charge in [0.05, 0.1) is 5.69 Å². The van der Waals surface area contributed by atoms with Crippen molar-refractivity contribution in [3.05, 3.63) is 42.0 Å². The van der Waals surface area contributed by atoms with Crippen LogP contribution in [0.15, 0.2) is 30.5 Å². The number of aromatic hydroxyl groups is 1. The fourth-order valence-corrected chi connectivity index (χ4v) is 1.18. The second-order valence-electron chi connectivity index (χ2n) is 3.09. The van der Waals surface area contributed by atoms with E-state index < -0.39 is 11.7 Å². The Morgan fingerprint density at radius 3 is 2.88 bits per heavy atom. The summed E-state index contributed by atoms with van der Waals surface area (Å²) in [5, 5.41) is 17.4. The number of anilines is 1. The van der Waals surface area contributed by atoms with Crippen LogP contribution in [0.25, 0.3) is 0 Å². The Morgan fingerprint density at radius 1 is 1.44 bits per heavy atom. The fraction of sp³-hybridized carbons (Fsp3) is 0. The lowest BCUT2D eigenvalue weighted by Crippen LogP contribution is -2.13. The minimum Gasteiger partial charge on any atom is -0.508 e. The number of hydrogen-bond donors (Lipinski definition) is 3. The van der Waals surface area contributed by atoms with Gasteiger partial charge in [-0.1, -0.05) is 0 Å². The normalized spacial score (nSPS) is 10.1. The van der Waals surface area contributed by atoms with Crippen LogP contribution in [0.3, 0.4) is 0 Å². The Balaban J connectivity index is 2.18. The van der Waals surface area contributed by atoms with Gasteiger partial charge in [0, 0.05) is 12.3 Å². The molecule has 2 aromatic rings. The lowest BCUT2D eigenvalue weighted by Gasteiger charge is -2.04. The third-order valence-electron chi connectivity index (χ3n) is 1.95. The molecule has 0 aliphatic carbocycles. The molecule has 0 aliphatic heterocycles. The number of H-pyrrole nitrogens is 1. The molecule has 0 fully saturated rings. The molecule has 1 amide bonds. The van der Waals surface area contributed by atoms with Gasteiger partial charge in [-0.05, 0) is 18.2 Å². The maximum absolute atomic E-state index is 13.3. The summed E-state index contributed by atoms with van der Waals surface area (Å²) >= 11 is 0. The van der Waals surface area contributed by atoms with Crippen molar-refractivity contribution in [2.75, 3.05) is 5.32 Å². The van der Waals surface area contributed by atoms with Crippen molar-refractivity contribution in [3.63, 3.8) is 0 Å². The molecule has 1 aromatic carbocycles. The molecule has 0 aliphatic rings. The number of aromatic nitrogens is 2. The number of benzene rings is 1. The Hall–Kier alpha value is -2.37. The van der Waals surface area contributed by atoms with E-state index in [1.165, 1.54) is 24.4 Å². The Morgan fingerprint density at radius 2 is 2.25 bits per heavy atom. The van der Waals surface area contributed by atoms with Crippen LogP contribution in [0.1, 0.15) is 10.5 Å². The Kier molecular flexibility index (Phi) is 2.55. The third kappa shape index (κ3) is 2.00. The summed E-state index contributed by atoms with van der Waals surface area (Å²) in [6.07, 6.45) is 1.42. The molecule has 1 heterocycles. The molecule has 6 heteroatoms. The molecule has 0 unspecified atom stereocenters. The lowest BCUT2D eigenvalue weighted by molar-refractivity contribution is 0.102. The highest BCUT2D eigenvalue weighted by Gasteiger charge is 2.10. The zero-order chi connectivity index (χ0) is 11.5. The predicted molar refractivity (Wildman–Crippen MR) is 54.6 cm³/mol. The molecule has 16 heavy (non-hydrogen) atoms. The zero-order valence-corrected chi connectivity index (χ0v) is 8.07. The molecule has 0 saturated heterocycles. The molecule has 5 nitrogen and oxygen atoms in total. The van der Waals surface area contributed by atoms with Crippen LogP contribution in [-0.4, -0.2) is 21.2 Å². The van der Waals surface area contributed by atoms with E-state index in [1.54, 1.807) is 0 Å². The largest absolute Gasteiger partial charge is 0.508 e. The molecule has 0 atom stereocenters. The van der Waals surface area contributed by atoms with Crippen molar-refractivity contribution < 1.29 is 14.3 Å². The highest BCUT2D eigenvalue weighted by atomic mass is 19.1. The van der Waals surface area contributed by atoms with Gasteiger partial charge < -0.3 is 10.4 Å². The van der Waals surface area contributed by atoms with E-state index in [9.17, 15) is 9.18 Å². The molecule has 2 rings (SSSR count). The quantitative estimate of drug-likeness (QED) is 0.672. The van der Waals surface area contributed by atoms with Crippen LogP contribution >= 0.6 is 0 Å². The Bertz CT molecular complexity index is 511. The monoisotopic (exact) mass is 221 g/mol. The van der Waals surface area contributed by atoms with Crippen LogP contribution in [-0.2, 0) is 0 Å². The van der Waals surface area contributed by atoms with Crippen LogP contribution in [0.4, 0.5) is 10.1 Å². The first-order chi connectivity index (χ1) is 7.66. The summed E-state index contributed by atoms with van der Waals surface area (Å²) in [5.74, 6) is -1.40. The number of nitrogens with one attached hydrogen (secondary N) is 2. The predicted octanol–water partition coefficient (Wildman–Crippen LogP) is 1.51. The number of aromatic amines is 1. The number of nitrogens with zero attached hydrogens (tertiary/aromatic N) is 1. The summed E-state index contributed by atoms with van der Waals surface area (Å²) in [6, 6.07) is 4.95. The van der Waals surface area contributed by atoms with Crippen LogP contribution in [0, 0.1) is 5.82 Å². The second-order valence-corrected chi connectivity index (χ2v) is 3.09. The van der Waals surface area contributed by atoms with E-state index in [1.807, 2.05) is 0 Å². The molecular weight excluding hydrogens is 213 g/mol. The number of hydrogen-bond acceptors (Lipinski definition) is 3. The number of halogens is 1. The standard InChI is InChI=1S/C10H8FN3O2/c11-7-5-6(15)1-2-8(7)13-10(16)9-3-4-12-14-9/h1-5,15H,(H,12,14)(H,13,16). The van der Waals surface area contributed by atoms with Gasteiger partial charge in [-0.2, -0.15) is 5.10 Å². The maximum Gasteiger partial charge on any atom is 0.273 e. The fourth-order valence-electron chi connectivity index (χ4n) is 1.18. The Labute approximate surface area is 89.9 Å². The average molecular weight is 221 g/mol. The molecule has 0 spiro atoms. The van der Waals surface area contributed by atoms with Gasteiger partial charge in [0.15, 0.2) is 0 Å². The first-order valence-electron chi connectivity index (χ1n) is 4.46. The van der Waals surface area contributed by atoms with Gasteiger partial charge in [-0.25, -0.2) is 4.39 Å². The molecular formula is C10H8FN3O2. The van der Waals surface area contributed by atoms with Crippen molar-refractivity contribution in [2.24, 2.45) is 0 Å². The number of carbonyl (C=O) groups is 1. The zero-order valence-electron chi connectivity index (χ0n) is 8.07. The number of rotatable bonds is 2. The lowest BCUT2D eigenvalue weighted by atomic mass is 10.2. The second kappa shape index (κ2) is 4.01. The molecule has 1 aromatic heterocycles. The first-order valence-corrected chi connectivity index (χ1v) is 4.46. The van der Waals surface area contributed by atoms with Crippen molar-refractivity contribution in [2.45, 2.75) is 0 Å². The molecule has 3 N–H and O–H groups in total. The van der Waals surface area contributed by atoms with Crippen molar-refractivity contribution in [1.29, 1.82) is 0 Å². The molecule has 0 saturated carbocycles. The van der Waals surface area contributed by atoms with E-state index in [0.29, 0.717) is 0 Å². The van der Waals surface area contributed by atoms with E-state index in [2.05, 4.69) is 15.5 Å². The van der Waals surface area contributed by atoms with E-state index >= 15 is 0 Å². The SMILES string of the molecule is O=C(Nc1ccc(O)cc1F)c1ccn[nH]1. The van der Waals surface area contributed by atoms with Gasteiger partial charge >= 0.3 is 0 Å². The summed E-state index contributed by atoms with van der Waals surface area (Å²) in [6.45, 7) is 0. The minimum absolute atomic E-state index is 0.00241. The van der Waals surface area contributed by atoms with Crippen LogP contribution in [0.2, 0.25) is 0 Å². The van der Waals surface area contributed by atoms with E-state index in [4.69, 9.17) is 5.11 Å². The van der Waals surface area contributed by atoms with E-state index in [0.717, 1.165) is 6.07 Å². The van der Waals surface area contributed by atoms with Gasteiger partial charge in [0.2, 0.25) is 0 Å². The van der Waals surface area contributed by atoms with E-state index in [-0.39, 0.29) is 17.1 Å². The first kappa shape index (κ1) is 10.2. The van der Waals surface area contributed by atoms with Crippen molar-refractivity contribution in [3.8, 4) is 5.75 Å². The number of carbonyl (C=O) groups excluding carboxylic acids is 1. The molecule has 0 radical (unpaired) electrons. The van der Waals surface area contributed by atoms with Gasteiger partial charge in [0.25, 0.3) is 5.91 Å². The van der Waals surface area contributed by atoms with Gasteiger partial charge in [-0.3, -0.25) is 9.89 Å². The number of amides is 1. The minimum atomic E-state index is -0.701. The third-order valence-corrected chi connectivity index (χ3v) is 1.95. The van der Waals surface area contributed by atoms with Crippen molar-refractivity contribution in [1.82, 2.24) is 10.2 Å². The highest BCUT2D eigenvalue weighted by Crippen LogP contribution is 2.19. The topological polar surface area (TPSA) is 78.0 Å². The number of phenolic OH excluding ortho intramolecular Hbond substituents is 1. The number of phenols is 1. The smallest absolute Gasteiger partial charge is 0.273 e. The summed E-state index contributed by atoms with van der Waals surface area (Å²) in [5.41, 5.74) is 0.227. The van der Waals surface area contributed by atoms with Crippen LogP contribution in [0.5, 0.6) is 5.75 Å². The average Bonchev–Trinajstić information content (AvgIpc) is 2.75. The van der Waals surface area contributed by atoms with Crippen molar-refractivity contribution >= 4 is 11.6 Å². The summed E-state index contributed by atoms with van der Waals surface area (Å²) in [4.78, 5) is 11.5. The van der Waals surface area contributed by atoms with Gasteiger partial charge in [-0.15, -0.1) is 0 Å². The maximum atomic E-state index is 13.3. The molecule has 82 valence electrons. The molecule has 0 bridgehead atoms. The highest BCUT2D eigenvalue weighted by molar-refractivity contribution is 6.02. The van der Waals surface area contributed by atoms with Crippen LogP contribution < -0.4 is 5.32 Å². The summed E-state index contributed by atoms with van der Waals surface area (Å²) in [7, 11) is 0. The van der Waals surface area contributed by atoms with Gasteiger partial charge in [0.1, 0.15) is 17.3 Å².